The number of carbonyl (C=O) groups is 1. The maximum atomic E-state index is 12.4. The molecule has 0 aliphatic heterocycles. The smallest absolute Gasteiger partial charge is 0.354 e. The molecular formula is C14H18N2O4S2. The van der Waals surface area contributed by atoms with E-state index in [4.69, 9.17) is 0 Å². The maximum Gasteiger partial charge on any atom is 0.354 e. The molecule has 6 nitrogen and oxygen atoms in total. The van der Waals surface area contributed by atoms with E-state index in [-0.39, 0.29) is 10.6 Å². The number of nitrogens with one attached hydrogen (secondary N) is 1. The highest BCUT2D eigenvalue weighted by Crippen LogP contribution is 2.20. The lowest BCUT2D eigenvalue weighted by Crippen LogP contribution is -2.26. The Balaban J connectivity index is 2.17. The lowest BCUT2D eigenvalue weighted by atomic mass is 10.3. The number of carbonyl (C=O) groups excluding carboxylic acids is 1. The van der Waals surface area contributed by atoms with Gasteiger partial charge in [0.05, 0.1) is 7.11 Å². The largest absolute Gasteiger partial charge is 0.464 e. The molecule has 2 aromatic rings. The molecule has 1 N–H and O–H groups in total. The number of hydrogen-bond donors (Lipinski definition) is 1. The summed E-state index contributed by atoms with van der Waals surface area (Å²) >= 11 is 1.59. The Kier molecular flexibility index (Phi) is 5.05. The molecule has 2 heterocycles. The van der Waals surface area contributed by atoms with Crippen LogP contribution in [0.25, 0.3) is 0 Å². The summed E-state index contributed by atoms with van der Waals surface area (Å²) in [5.41, 5.74) is 0.697. The molecule has 0 aliphatic rings. The Morgan fingerprint density at radius 3 is 2.77 bits per heavy atom. The van der Waals surface area contributed by atoms with Crippen molar-refractivity contribution in [1.29, 1.82) is 0 Å². The van der Waals surface area contributed by atoms with Gasteiger partial charge in [0.25, 0.3) is 0 Å². The third-order valence-electron chi connectivity index (χ3n) is 3.42. The minimum absolute atomic E-state index is 0.0987. The van der Waals surface area contributed by atoms with Crippen LogP contribution in [0, 0.1) is 6.92 Å². The van der Waals surface area contributed by atoms with E-state index in [1.807, 2.05) is 17.5 Å². The summed E-state index contributed by atoms with van der Waals surface area (Å²) in [4.78, 5) is 12.9. The standard InChI is InChI=1S/C14H18N2O4S2/c1-10-13(9-12(16(10)2)14(17)20-3)22(18,19)15-7-6-11-5-4-8-21-11/h4-5,8-9,15H,6-7H2,1-3H3. The Hall–Kier alpha value is -1.64. The molecule has 0 atom stereocenters. The highest BCUT2D eigenvalue weighted by atomic mass is 32.2. The Labute approximate surface area is 133 Å². The average Bonchev–Trinajstić information content (AvgIpc) is 3.08. The SMILES string of the molecule is COC(=O)c1cc(S(=O)(=O)NCCc2cccs2)c(C)n1C. The van der Waals surface area contributed by atoms with Crippen LogP contribution in [0.15, 0.2) is 28.5 Å². The summed E-state index contributed by atoms with van der Waals surface area (Å²) in [5.74, 6) is -0.564. The van der Waals surface area contributed by atoms with Crippen molar-refractivity contribution in [2.75, 3.05) is 13.7 Å². The van der Waals surface area contributed by atoms with Crippen LogP contribution in [0.2, 0.25) is 0 Å². The number of thiophene rings is 1. The lowest BCUT2D eigenvalue weighted by molar-refractivity contribution is 0.0589. The highest BCUT2D eigenvalue weighted by molar-refractivity contribution is 7.89. The van der Waals surface area contributed by atoms with Crippen LogP contribution in [0.5, 0.6) is 0 Å². The van der Waals surface area contributed by atoms with Crippen LogP contribution in [0.1, 0.15) is 21.1 Å². The van der Waals surface area contributed by atoms with E-state index in [0.29, 0.717) is 18.7 Å². The fourth-order valence-corrected chi connectivity index (χ4v) is 4.11. The van der Waals surface area contributed by atoms with Crippen molar-refractivity contribution >= 4 is 27.3 Å². The van der Waals surface area contributed by atoms with Crippen molar-refractivity contribution in [3.8, 4) is 0 Å². The number of rotatable bonds is 6. The summed E-state index contributed by atoms with van der Waals surface area (Å²) in [6.07, 6.45) is 0.632. The second kappa shape index (κ2) is 6.64. The first-order chi connectivity index (χ1) is 10.4. The topological polar surface area (TPSA) is 77.4 Å². The average molecular weight is 342 g/mol. The first kappa shape index (κ1) is 16.7. The van der Waals surface area contributed by atoms with Gasteiger partial charge in [0.15, 0.2) is 0 Å². The Morgan fingerprint density at radius 1 is 1.45 bits per heavy atom. The quantitative estimate of drug-likeness (QED) is 0.811. The fourth-order valence-electron chi connectivity index (χ4n) is 2.09. The number of aromatic nitrogens is 1. The Morgan fingerprint density at radius 2 is 2.18 bits per heavy atom. The van der Waals surface area contributed by atoms with Crippen LogP contribution in [-0.4, -0.2) is 32.6 Å². The molecule has 0 saturated heterocycles. The first-order valence-electron chi connectivity index (χ1n) is 6.63. The molecule has 0 fully saturated rings. The van der Waals surface area contributed by atoms with Gasteiger partial charge in [-0.15, -0.1) is 11.3 Å². The van der Waals surface area contributed by atoms with Crippen molar-refractivity contribution in [2.45, 2.75) is 18.2 Å². The van der Waals surface area contributed by atoms with Gasteiger partial charge in [-0.2, -0.15) is 0 Å². The van der Waals surface area contributed by atoms with Crippen LogP contribution in [0.3, 0.4) is 0 Å². The van der Waals surface area contributed by atoms with E-state index in [9.17, 15) is 13.2 Å². The molecule has 0 bridgehead atoms. The molecule has 120 valence electrons. The summed E-state index contributed by atoms with van der Waals surface area (Å²) in [7, 11) is -0.768. The number of sulfonamides is 1. The molecule has 0 unspecified atom stereocenters. The van der Waals surface area contributed by atoms with E-state index in [1.165, 1.54) is 17.7 Å². The molecule has 2 rings (SSSR count). The molecule has 22 heavy (non-hydrogen) atoms. The molecule has 0 amide bonds. The van der Waals surface area contributed by atoms with E-state index in [2.05, 4.69) is 9.46 Å². The van der Waals surface area contributed by atoms with Crippen molar-refractivity contribution in [2.24, 2.45) is 7.05 Å². The van der Waals surface area contributed by atoms with Crippen molar-refractivity contribution < 1.29 is 17.9 Å². The minimum Gasteiger partial charge on any atom is -0.464 e. The second-order valence-electron chi connectivity index (χ2n) is 4.76. The van der Waals surface area contributed by atoms with Gasteiger partial charge in [-0.1, -0.05) is 6.07 Å². The third-order valence-corrected chi connectivity index (χ3v) is 5.93. The molecule has 0 radical (unpaired) electrons. The number of methoxy groups -OCH3 is 1. The number of nitrogens with zero attached hydrogens (tertiary/aromatic N) is 1. The Bertz CT molecular complexity index is 761. The third kappa shape index (κ3) is 3.40. The van der Waals surface area contributed by atoms with Gasteiger partial charge in [0.1, 0.15) is 10.6 Å². The van der Waals surface area contributed by atoms with E-state index in [0.717, 1.165) is 4.88 Å². The molecule has 2 aromatic heterocycles. The van der Waals surface area contributed by atoms with Gasteiger partial charge in [-0.3, -0.25) is 0 Å². The predicted molar refractivity (Wildman–Crippen MR) is 84.7 cm³/mol. The molecule has 0 aliphatic carbocycles. The van der Waals surface area contributed by atoms with E-state index >= 15 is 0 Å². The van der Waals surface area contributed by atoms with E-state index in [1.54, 1.807) is 25.3 Å². The lowest BCUT2D eigenvalue weighted by Gasteiger charge is -2.06. The molecule has 8 heteroatoms. The fraction of sp³-hybridized carbons (Fsp3) is 0.357. The normalized spacial score (nSPS) is 11.6. The van der Waals surface area contributed by atoms with Gasteiger partial charge in [-0.05, 0) is 30.9 Å². The van der Waals surface area contributed by atoms with Crippen molar-refractivity contribution in [3.63, 3.8) is 0 Å². The predicted octanol–water partition coefficient (Wildman–Crippen LogP) is 1.70. The zero-order valence-corrected chi connectivity index (χ0v) is 14.3. The monoisotopic (exact) mass is 342 g/mol. The summed E-state index contributed by atoms with van der Waals surface area (Å²) < 4.78 is 33.5. The second-order valence-corrected chi connectivity index (χ2v) is 7.52. The molecule has 0 saturated carbocycles. The molecular weight excluding hydrogens is 324 g/mol. The van der Waals surface area contributed by atoms with E-state index < -0.39 is 16.0 Å². The molecule has 0 aromatic carbocycles. The van der Waals surface area contributed by atoms with Crippen LogP contribution in [-0.2, 0) is 28.2 Å². The van der Waals surface area contributed by atoms with Crippen molar-refractivity contribution in [3.05, 3.63) is 39.8 Å². The zero-order valence-electron chi connectivity index (χ0n) is 12.6. The van der Waals surface area contributed by atoms with Gasteiger partial charge < -0.3 is 9.30 Å². The minimum atomic E-state index is -3.66. The molecule has 0 spiro atoms. The first-order valence-corrected chi connectivity index (χ1v) is 8.99. The summed E-state index contributed by atoms with van der Waals surface area (Å²) in [6.45, 7) is 1.96. The van der Waals surface area contributed by atoms with Gasteiger partial charge in [0, 0.05) is 24.2 Å². The van der Waals surface area contributed by atoms with Gasteiger partial charge in [-0.25, -0.2) is 17.9 Å². The number of ether oxygens (including phenoxy) is 1. The summed E-state index contributed by atoms with van der Waals surface area (Å²) in [5, 5.41) is 1.95. The number of hydrogen-bond acceptors (Lipinski definition) is 5. The number of esters is 1. The van der Waals surface area contributed by atoms with Gasteiger partial charge in [0.2, 0.25) is 10.0 Å². The summed E-state index contributed by atoms with van der Waals surface area (Å²) in [6, 6.07) is 5.23. The van der Waals surface area contributed by atoms with Crippen LogP contribution in [0.4, 0.5) is 0 Å². The zero-order chi connectivity index (χ0) is 16.3. The van der Waals surface area contributed by atoms with Gasteiger partial charge >= 0.3 is 5.97 Å². The van der Waals surface area contributed by atoms with Crippen LogP contribution < -0.4 is 4.72 Å². The highest BCUT2D eigenvalue weighted by Gasteiger charge is 2.24. The van der Waals surface area contributed by atoms with Crippen molar-refractivity contribution in [1.82, 2.24) is 9.29 Å². The van der Waals surface area contributed by atoms with Crippen LogP contribution >= 0.6 is 11.3 Å². The maximum absolute atomic E-state index is 12.4.